The van der Waals surface area contributed by atoms with E-state index in [1.807, 2.05) is 0 Å². The Morgan fingerprint density at radius 3 is 2.43 bits per heavy atom. The van der Waals surface area contributed by atoms with Crippen molar-refractivity contribution in [1.29, 1.82) is 0 Å². The first-order valence-electron chi connectivity index (χ1n) is 7.91. The molecule has 1 aliphatic carbocycles. The van der Waals surface area contributed by atoms with Gasteiger partial charge in [-0.05, 0) is 52.6 Å². The molecule has 0 bridgehead atoms. The quantitative estimate of drug-likeness (QED) is 0.373. The average molecular weight is 362 g/mol. The first-order valence-corrected chi connectivity index (χ1v) is 8.70. The summed E-state index contributed by atoms with van der Waals surface area (Å²) in [4.78, 5) is 3.57. The topological polar surface area (TPSA) is 15.8 Å². The van der Waals surface area contributed by atoms with Crippen LogP contribution in [0, 0.1) is 0 Å². The summed E-state index contributed by atoms with van der Waals surface area (Å²) in [7, 11) is 0. The molecule has 0 spiro atoms. The predicted molar refractivity (Wildman–Crippen MR) is 101 cm³/mol. The maximum Gasteiger partial charge on any atom is 0.0468 e. The number of rotatable bonds is 0. The zero-order valence-corrected chi connectivity index (χ0v) is 14.7. The summed E-state index contributed by atoms with van der Waals surface area (Å²) in [6, 6.07) is 19.9. The van der Waals surface area contributed by atoms with Crippen LogP contribution in [0.4, 0.5) is 0 Å². The second-order valence-electron chi connectivity index (χ2n) is 6.93. The molecule has 0 radical (unpaired) electrons. The number of nitrogens with one attached hydrogen (secondary N) is 1. The molecule has 0 saturated heterocycles. The highest BCUT2D eigenvalue weighted by Crippen LogP contribution is 2.50. The summed E-state index contributed by atoms with van der Waals surface area (Å²) in [5, 5.41) is 2.61. The van der Waals surface area contributed by atoms with Gasteiger partial charge in [-0.25, -0.2) is 0 Å². The summed E-state index contributed by atoms with van der Waals surface area (Å²) < 4.78 is 1.14. The summed E-state index contributed by atoms with van der Waals surface area (Å²) in [6.07, 6.45) is 0. The molecule has 0 fully saturated rings. The number of H-pyrrole nitrogens is 1. The van der Waals surface area contributed by atoms with E-state index in [2.05, 4.69) is 89.4 Å². The van der Waals surface area contributed by atoms with Gasteiger partial charge in [-0.15, -0.1) is 0 Å². The fraction of sp³-hybridized carbons (Fsp3) is 0.143. The van der Waals surface area contributed by atoms with Gasteiger partial charge in [-0.3, -0.25) is 0 Å². The summed E-state index contributed by atoms with van der Waals surface area (Å²) in [5.41, 5.74) is 8.01. The van der Waals surface area contributed by atoms with Crippen molar-refractivity contribution in [2.45, 2.75) is 19.3 Å². The van der Waals surface area contributed by atoms with Gasteiger partial charge in [0, 0.05) is 31.7 Å². The average Bonchev–Trinajstić information content (AvgIpc) is 3.00. The normalized spacial score (nSPS) is 15.1. The number of aromatic nitrogens is 1. The first-order chi connectivity index (χ1) is 11.1. The highest BCUT2D eigenvalue weighted by molar-refractivity contribution is 9.10. The first kappa shape index (κ1) is 13.4. The monoisotopic (exact) mass is 361 g/mol. The van der Waals surface area contributed by atoms with Crippen LogP contribution in [0.15, 0.2) is 59.1 Å². The minimum atomic E-state index is 0.0385. The Morgan fingerprint density at radius 1 is 0.783 bits per heavy atom. The van der Waals surface area contributed by atoms with Crippen LogP contribution < -0.4 is 0 Å². The van der Waals surface area contributed by atoms with Crippen molar-refractivity contribution in [3.8, 4) is 11.1 Å². The lowest BCUT2D eigenvalue weighted by Crippen LogP contribution is -2.14. The van der Waals surface area contributed by atoms with Gasteiger partial charge in [-0.2, -0.15) is 0 Å². The van der Waals surface area contributed by atoms with Crippen LogP contribution in [-0.4, -0.2) is 4.98 Å². The number of fused-ring (bicyclic) bond motifs is 6. The molecule has 1 aromatic heterocycles. The van der Waals surface area contributed by atoms with Crippen LogP contribution in [0.5, 0.6) is 0 Å². The van der Waals surface area contributed by atoms with Crippen LogP contribution in [0.3, 0.4) is 0 Å². The highest BCUT2D eigenvalue weighted by atomic mass is 79.9. The summed E-state index contributed by atoms with van der Waals surface area (Å²) in [6.45, 7) is 4.64. The van der Waals surface area contributed by atoms with Gasteiger partial charge >= 0.3 is 0 Å². The molecule has 0 unspecified atom stereocenters. The second-order valence-corrected chi connectivity index (χ2v) is 7.84. The summed E-state index contributed by atoms with van der Waals surface area (Å²) in [5.74, 6) is 0. The van der Waals surface area contributed by atoms with Gasteiger partial charge in [0.15, 0.2) is 0 Å². The number of hydrogen-bond donors (Lipinski definition) is 1. The van der Waals surface area contributed by atoms with E-state index in [0.29, 0.717) is 0 Å². The van der Waals surface area contributed by atoms with Crippen molar-refractivity contribution in [1.82, 2.24) is 4.98 Å². The molecule has 0 aliphatic heterocycles. The van der Waals surface area contributed by atoms with Gasteiger partial charge in [-0.1, -0.05) is 54.0 Å². The fourth-order valence-corrected chi connectivity index (χ4v) is 4.43. The van der Waals surface area contributed by atoms with Gasteiger partial charge in [0.2, 0.25) is 0 Å². The van der Waals surface area contributed by atoms with Gasteiger partial charge in [0.1, 0.15) is 0 Å². The van der Waals surface area contributed by atoms with Crippen molar-refractivity contribution in [3.05, 3.63) is 70.2 Å². The third-order valence-corrected chi connectivity index (χ3v) is 5.76. The number of hydrogen-bond acceptors (Lipinski definition) is 0. The van der Waals surface area contributed by atoms with Gasteiger partial charge in [0.25, 0.3) is 0 Å². The molecule has 3 aromatic carbocycles. The van der Waals surface area contributed by atoms with Crippen LogP contribution in [0.1, 0.15) is 25.0 Å². The van der Waals surface area contributed by atoms with E-state index in [1.165, 1.54) is 44.1 Å². The molecule has 1 nitrogen and oxygen atoms in total. The van der Waals surface area contributed by atoms with E-state index in [4.69, 9.17) is 0 Å². The Balaban J connectivity index is 1.94. The maximum atomic E-state index is 3.63. The molecule has 2 heteroatoms. The van der Waals surface area contributed by atoms with E-state index in [1.54, 1.807) is 0 Å². The van der Waals surface area contributed by atoms with E-state index in [9.17, 15) is 0 Å². The van der Waals surface area contributed by atoms with Crippen molar-refractivity contribution in [2.75, 3.05) is 0 Å². The van der Waals surface area contributed by atoms with Crippen molar-refractivity contribution in [2.24, 2.45) is 0 Å². The Hall–Kier alpha value is -2.06. The Morgan fingerprint density at radius 2 is 1.57 bits per heavy atom. The third-order valence-electron chi connectivity index (χ3n) is 5.26. The minimum absolute atomic E-state index is 0.0385. The second kappa shape index (κ2) is 4.27. The number of benzene rings is 3. The van der Waals surface area contributed by atoms with E-state index >= 15 is 0 Å². The molecule has 5 rings (SSSR count). The molecule has 0 saturated carbocycles. The molecule has 1 N–H and O–H groups in total. The molecule has 0 atom stereocenters. The lowest BCUT2D eigenvalue weighted by atomic mass is 9.82. The van der Waals surface area contributed by atoms with Crippen LogP contribution in [0.2, 0.25) is 0 Å². The standard InChI is InChI=1S/C21H16BrN/c1-21(2)17-8-7-12(22)9-14(17)15-10-16-13-5-3-4-6-19(13)23-20(16)11-18(15)21/h3-11,23H,1-2H3. The fourth-order valence-electron chi connectivity index (χ4n) is 4.07. The third kappa shape index (κ3) is 1.67. The molecular formula is C21H16BrN. The zero-order chi connectivity index (χ0) is 15.8. The molecule has 112 valence electrons. The zero-order valence-electron chi connectivity index (χ0n) is 13.1. The van der Waals surface area contributed by atoms with Crippen LogP contribution >= 0.6 is 15.9 Å². The van der Waals surface area contributed by atoms with Gasteiger partial charge < -0.3 is 4.98 Å². The largest absolute Gasteiger partial charge is 0.355 e. The number of aromatic amines is 1. The smallest absolute Gasteiger partial charge is 0.0468 e. The molecular weight excluding hydrogens is 346 g/mol. The molecule has 23 heavy (non-hydrogen) atoms. The lowest BCUT2D eigenvalue weighted by molar-refractivity contribution is 0.661. The predicted octanol–water partition coefficient (Wildman–Crippen LogP) is 6.39. The van der Waals surface area contributed by atoms with Crippen LogP contribution in [0.25, 0.3) is 32.9 Å². The van der Waals surface area contributed by atoms with E-state index < -0.39 is 0 Å². The molecule has 4 aromatic rings. The minimum Gasteiger partial charge on any atom is -0.355 e. The van der Waals surface area contributed by atoms with Gasteiger partial charge in [0.05, 0.1) is 0 Å². The van der Waals surface area contributed by atoms with E-state index in [0.717, 1.165) is 4.47 Å². The van der Waals surface area contributed by atoms with Crippen molar-refractivity contribution < 1.29 is 0 Å². The molecule has 0 amide bonds. The Labute approximate surface area is 143 Å². The highest BCUT2D eigenvalue weighted by Gasteiger charge is 2.35. The van der Waals surface area contributed by atoms with Crippen molar-refractivity contribution >= 4 is 37.7 Å². The molecule has 1 heterocycles. The number of para-hydroxylation sites is 1. The van der Waals surface area contributed by atoms with Crippen LogP contribution in [-0.2, 0) is 5.41 Å². The Kier molecular flexibility index (Phi) is 2.48. The SMILES string of the molecule is CC1(C)c2ccc(Br)cc2-c2cc3c(cc21)[nH]c1ccccc13. The summed E-state index contributed by atoms with van der Waals surface area (Å²) >= 11 is 3.63. The molecule has 1 aliphatic rings. The number of halogens is 1. The van der Waals surface area contributed by atoms with E-state index in [-0.39, 0.29) is 5.41 Å². The Bertz CT molecular complexity index is 1100. The van der Waals surface area contributed by atoms with Crippen molar-refractivity contribution in [3.63, 3.8) is 0 Å². The maximum absolute atomic E-state index is 3.63. The lowest BCUT2D eigenvalue weighted by Gasteiger charge is -2.21.